The van der Waals surface area contributed by atoms with Crippen molar-refractivity contribution in [1.29, 1.82) is 0 Å². The largest absolute Gasteiger partial charge is 0.294 e. The van der Waals surface area contributed by atoms with Gasteiger partial charge in [-0.15, -0.1) is 0 Å². The van der Waals surface area contributed by atoms with Crippen LogP contribution in [0.25, 0.3) is 0 Å². The minimum atomic E-state index is -0.319. The molecule has 0 radical (unpaired) electrons. The summed E-state index contributed by atoms with van der Waals surface area (Å²) in [6.07, 6.45) is 1.12. The smallest absolute Gasteiger partial charge is 0.260 e. The lowest BCUT2D eigenvalue weighted by atomic mass is 9.93. The highest BCUT2D eigenvalue weighted by Gasteiger charge is 2.50. The molecule has 4 nitrogen and oxygen atoms in total. The lowest BCUT2D eigenvalue weighted by Gasteiger charge is -2.23. The maximum atomic E-state index is 12.4. The van der Waals surface area contributed by atoms with Crippen molar-refractivity contribution in [1.82, 2.24) is 4.90 Å². The van der Waals surface area contributed by atoms with Crippen LogP contribution in [0.1, 0.15) is 46.5 Å². The van der Waals surface area contributed by atoms with E-state index in [9.17, 15) is 14.4 Å². The molecule has 1 aromatic carbocycles. The van der Waals surface area contributed by atoms with E-state index in [1.165, 1.54) is 7.05 Å². The Morgan fingerprint density at radius 1 is 1.30 bits per heavy atom. The standard InChI is InChI=1S/C16H17NO3/c1-16(2)8-12(16)14(19)10-5-4-9-7-13(18)17(3)15(20)11(9)6-10/h4-6,12H,7-8H2,1-3H3. The summed E-state index contributed by atoms with van der Waals surface area (Å²) in [4.78, 5) is 37.2. The number of rotatable bonds is 2. The number of nitrogens with zero attached hydrogens (tertiary/aromatic N) is 1. The van der Waals surface area contributed by atoms with Gasteiger partial charge in [-0.3, -0.25) is 19.3 Å². The van der Waals surface area contributed by atoms with E-state index in [0.717, 1.165) is 11.3 Å². The molecule has 2 aliphatic rings. The topological polar surface area (TPSA) is 54.5 Å². The Morgan fingerprint density at radius 2 is 1.95 bits per heavy atom. The molecular weight excluding hydrogens is 254 g/mol. The van der Waals surface area contributed by atoms with Gasteiger partial charge in [0.25, 0.3) is 5.91 Å². The molecule has 1 aliphatic heterocycles. The van der Waals surface area contributed by atoms with Gasteiger partial charge >= 0.3 is 0 Å². The van der Waals surface area contributed by atoms with Gasteiger partial charge in [0.2, 0.25) is 5.91 Å². The number of Topliss-reactive ketones (excluding diaryl/α,β-unsaturated/α-hetero) is 1. The number of carbonyl (C=O) groups is 3. The van der Waals surface area contributed by atoms with Gasteiger partial charge in [0.05, 0.1) is 6.42 Å². The van der Waals surface area contributed by atoms with E-state index in [4.69, 9.17) is 0 Å². The lowest BCUT2D eigenvalue weighted by Crippen LogP contribution is -2.39. The third-order valence-electron chi connectivity index (χ3n) is 4.48. The Balaban J connectivity index is 1.96. The maximum absolute atomic E-state index is 12.4. The molecule has 1 saturated carbocycles. The molecule has 2 amide bonds. The number of carbonyl (C=O) groups excluding carboxylic acids is 3. The van der Waals surface area contributed by atoms with E-state index in [1.54, 1.807) is 18.2 Å². The van der Waals surface area contributed by atoms with Crippen LogP contribution >= 0.6 is 0 Å². The van der Waals surface area contributed by atoms with Gasteiger partial charge in [0.15, 0.2) is 5.78 Å². The average Bonchev–Trinajstić information content (AvgIpc) is 3.04. The first kappa shape index (κ1) is 13.0. The molecule has 0 spiro atoms. The minimum Gasteiger partial charge on any atom is -0.294 e. The third kappa shape index (κ3) is 1.87. The Bertz CT molecular complexity index is 645. The van der Waals surface area contributed by atoms with Crippen LogP contribution in [0.4, 0.5) is 0 Å². The lowest BCUT2D eigenvalue weighted by molar-refractivity contribution is -0.127. The van der Waals surface area contributed by atoms with E-state index in [-0.39, 0.29) is 35.4 Å². The van der Waals surface area contributed by atoms with E-state index < -0.39 is 0 Å². The van der Waals surface area contributed by atoms with Crippen LogP contribution in [0, 0.1) is 11.3 Å². The zero-order valence-electron chi connectivity index (χ0n) is 11.9. The van der Waals surface area contributed by atoms with Crippen LogP contribution in [0.3, 0.4) is 0 Å². The van der Waals surface area contributed by atoms with Gasteiger partial charge in [-0.05, 0) is 23.5 Å². The molecule has 3 rings (SSSR count). The first-order valence-corrected chi connectivity index (χ1v) is 6.79. The number of hydrogen-bond donors (Lipinski definition) is 0. The van der Waals surface area contributed by atoms with Gasteiger partial charge in [0.1, 0.15) is 0 Å². The average molecular weight is 271 g/mol. The molecular formula is C16H17NO3. The quantitative estimate of drug-likeness (QED) is 0.611. The van der Waals surface area contributed by atoms with Crippen molar-refractivity contribution in [3.63, 3.8) is 0 Å². The Kier molecular flexibility index (Phi) is 2.61. The molecule has 4 heteroatoms. The zero-order valence-corrected chi connectivity index (χ0v) is 11.9. The van der Waals surface area contributed by atoms with Crippen molar-refractivity contribution in [3.8, 4) is 0 Å². The molecule has 1 unspecified atom stereocenters. The highest BCUT2D eigenvalue weighted by Crippen LogP contribution is 2.53. The van der Waals surface area contributed by atoms with Crippen LogP contribution < -0.4 is 0 Å². The summed E-state index contributed by atoms with van der Waals surface area (Å²) in [7, 11) is 1.48. The second kappa shape index (κ2) is 4.01. The normalized spacial score (nSPS) is 23.6. The maximum Gasteiger partial charge on any atom is 0.260 e. The van der Waals surface area contributed by atoms with Crippen LogP contribution in [0.15, 0.2) is 18.2 Å². The molecule has 0 bridgehead atoms. The van der Waals surface area contributed by atoms with Crippen molar-refractivity contribution < 1.29 is 14.4 Å². The first-order valence-electron chi connectivity index (χ1n) is 6.79. The van der Waals surface area contributed by atoms with Crippen molar-refractivity contribution in [2.24, 2.45) is 11.3 Å². The third-order valence-corrected chi connectivity index (χ3v) is 4.48. The van der Waals surface area contributed by atoms with E-state index >= 15 is 0 Å². The fourth-order valence-electron chi connectivity index (χ4n) is 2.77. The Morgan fingerprint density at radius 3 is 2.55 bits per heavy atom. The van der Waals surface area contributed by atoms with Crippen LogP contribution in [-0.2, 0) is 11.2 Å². The summed E-state index contributed by atoms with van der Waals surface area (Å²) in [6.45, 7) is 4.15. The predicted molar refractivity (Wildman–Crippen MR) is 73.5 cm³/mol. The van der Waals surface area contributed by atoms with Crippen molar-refractivity contribution in [3.05, 3.63) is 34.9 Å². The summed E-state index contributed by atoms with van der Waals surface area (Å²) in [5.41, 5.74) is 1.85. The number of amides is 2. The highest BCUT2D eigenvalue weighted by atomic mass is 16.2. The fraction of sp³-hybridized carbons (Fsp3) is 0.438. The molecule has 0 saturated heterocycles. The molecule has 1 fully saturated rings. The van der Waals surface area contributed by atoms with Gasteiger partial charge in [-0.2, -0.15) is 0 Å². The second-order valence-corrected chi connectivity index (χ2v) is 6.42. The van der Waals surface area contributed by atoms with Crippen molar-refractivity contribution >= 4 is 17.6 Å². The van der Waals surface area contributed by atoms with Crippen molar-refractivity contribution in [2.45, 2.75) is 26.7 Å². The van der Waals surface area contributed by atoms with Gasteiger partial charge in [-0.1, -0.05) is 26.0 Å². The van der Waals surface area contributed by atoms with E-state index in [0.29, 0.717) is 16.7 Å². The second-order valence-electron chi connectivity index (χ2n) is 6.42. The molecule has 0 aromatic heterocycles. The Labute approximate surface area is 117 Å². The van der Waals surface area contributed by atoms with Crippen LogP contribution in [0.5, 0.6) is 0 Å². The number of imide groups is 1. The van der Waals surface area contributed by atoms with E-state index in [1.807, 2.05) is 0 Å². The molecule has 1 aliphatic carbocycles. The van der Waals surface area contributed by atoms with Gasteiger partial charge in [0, 0.05) is 24.1 Å². The van der Waals surface area contributed by atoms with Crippen molar-refractivity contribution in [2.75, 3.05) is 7.05 Å². The Hall–Kier alpha value is -1.97. The zero-order chi connectivity index (χ0) is 14.7. The van der Waals surface area contributed by atoms with Crippen LogP contribution in [-0.4, -0.2) is 29.5 Å². The number of benzene rings is 1. The summed E-state index contributed by atoms with van der Waals surface area (Å²) < 4.78 is 0. The summed E-state index contributed by atoms with van der Waals surface area (Å²) in [5, 5.41) is 0. The van der Waals surface area contributed by atoms with Gasteiger partial charge in [-0.25, -0.2) is 0 Å². The van der Waals surface area contributed by atoms with Gasteiger partial charge < -0.3 is 0 Å². The number of fused-ring (bicyclic) bond motifs is 1. The molecule has 20 heavy (non-hydrogen) atoms. The minimum absolute atomic E-state index is 0.0543. The van der Waals surface area contributed by atoms with Crippen LogP contribution in [0.2, 0.25) is 0 Å². The molecule has 1 heterocycles. The summed E-state index contributed by atoms with van der Waals surface area (Å²) in [5.74, 6) is -0.366. The summed E-state index contributed by atoms with van der Waals surface area (Å²) >= 11 is 0. The SMILES string of the molecule is CN1C(=O)Cc2ccc(C(=O)C3CC3(C)C)cc2C1=O. The number of likely N-dealkylation sites (N-methyl/N-ethyl adjacent to an activating group) is 1. The molecule has 1 atom stereocenters. The number of ketones is 1. The summed E-state index contributed by atoms with van der Waals surface area (Å²) in [6, 6.07) is 5.12. The fourth-order valence-corrected chi connectivity index (χ4v) is 2.77. The predicted octanol–water partition coefficient (Wildman–Crippen LogP) is 2.07. The number of hydrogen-bond acceptors (Lipinski definition) is 3. The monoisotopic (exact) mass is 271 g/mol. The highest BCUT2D eigenvalue weighted by molar-refractivity contribution is 6.11. The molecule has 104 valence electrons. The molecule has 1 aromatic rings. The first-order chi connectivity index (χ1) is 9.31. The molecule has 0 N–H and O–H groups in total. The van der Waals surface area contributed by atoms with E-state index in [2.05, 4.69) is 13.8 Å².